The fourth-order valence-corrected chi connectivity index (χ4v) is 5.98. The molecule has 33 heavy (non-hydrogen) atoms. The van der Waals surface area contributed by atoms with Crippen molar-refractivity contribution in [2.75, 3.05) is 19.6 Å². The van der Waals surface area contributed by atoms with Crippen molar-refractivity contribution in [2.24, 2.45) is 5.92 Å². The number of carbonyl (C=O) groups excluding carboxylic acids is 2. The topological polar surface area (TPSA) is 61.4 Å². The van der Waals surface area contributed by atoms with Gasteiger partial charge in [-0.2, -0.15) is 0 Å². The number of rotatable bonds is 7. The monoisotopic (exact) mass is 485 g/mol. The van der Waals surface area contributed by atoms with E-state index in [2.05, 4.69) is 15.5 Å². The van der Waals surface area contributed by atoms with E-state index in [1.807, 2.05) is 36.4 Å². The van der Waals surface area contributed by atoms with Gasteiger partial charge in [0.15, 0.2) is 0 Å². The minimum Gasteiger partial charge on any atom is -0.350 e. The van der Waals surface area contributed by atoms with Crippen molar-refractivity contribution >= 4 is 35.0 Å². The van der Waals surface area contributed by atoms with E-state index in [4.69, 9.17) is 23.2 Å². The second kappa shape index (κ2) is 9.28. The van der Waals surface area contributed by atoms with E-state index >= 15 is 0 Å². The highest BCUT2D eigenvalue weighted by atomic mass is 35.5. The van der Waals surface area contributed by atoms with Gasteiger partial charge in [-0.05, 0) is 68.0 Å². The number of carbonyl (C=O) groups is 2. The maximum Gasteiger partial charge on any atom is 0.243 e. The minimum absolute atomic E-state index is 0.107. The molecule has 0 spiro atoms. The van der Waals surface area contributed by atoms with Crippen LogP contribution in [0.3, 0.4) is 0 Å². The number of amides is 2. The highest BCUT2D eigenvalue weighted by molar-refractivity contribution is 6.35. The highest BCUT2D eigenvalue weighted by Gasteiger charge is 2.53. The van der Waals surface area contributed by atoms with Gasteiger partial charge in [0.25, 0.3) is 0 Å². The Balaban J connectivity index is 1.34. The summed E-state index contributed by atoms with van der Waals surface area (Å²) in [5.41, 5.74) is 1.11. The smallest absolute Gasteiger partial charge is 0.243 e. The molecule has 5 nitrogen and oxygen atoms in total. The molecular formula is C26H29Cl2N3O2. The molecule has 0 radical (unpaired) electrons. The summed E-state index contributed by atoms with van der Waals surface area (Å²) >= 11 is 12.5. The molecule has 2 amide bonds. The molecule has 3 heterocycles. The van der Waals surface area contributed by atoms with Crippen LogP contribution in [0, 0.1) is 5.92 Å². The summed E-state index contributed by atoms with van der Waals surface area (Å²) in [4.78, 5) is 29.3. The standard InChI is InChI=1S/C26H29Cl2N3O2/c27-19-6-7-20(21(28)15-19)26(10-11-26)25(33)30-22(14-17-4-2-1-3-5-17)24(32)29-23-16-31-12-8-18(23)9-13-31/h1-7,15,18,22-23H,8-14,16H2,(H,29,32)(H,30,33)/t22-,23+/m0/s1. The Morgan fingerprint density at radius 2 is 1.79 bits per heavy atom. The SMILES string of the molecule is O=C(N[C@@H]1CN2CCC1CC2)[C@H](Cc1ccccc1)NC(=O)C1(c2ccc(Cl)cc2Cl)CC1. The molecule has 2 bridgehead atoms. The van der Waals surface area contributed by atoms with Gasteiger partial charge < -0.3 is 15.5 Å². The molecule has 6 rings (SSSR count). The molecule has 2 N–H and O–H groups in total. The molecule has 2 aromatic rings. The summed E-state index contributed by atoms with van der Waals surface area (Å²) in [7, 11) is 0. The van der Waals surface area contributed by atoms with E-state index in [0.29, 0.717) is 35.2 Å². The molecule has 4 fully saturated rings. The number of nitrogens with one attached hydrogen (secondary N) is 2. The Morgan fingerprint density at radius 3 is 2.39 bits per heavy atom. The first kappa shape index (κ1) is 22.7. The van der Waals surface area contributed by atoms with Crippen LogP contribution in [-0.4, -0.2) is 48.4 Å². The summed E-state index contributed by atoms with van der Waals surface area (Å²) < 4.78 is 0. The lowest BCUT2D eigenvalue weighted by atomic mass is 9.84. The van der Waals surface area contributed by atoms with Crippen molar-refractivity contribution in [3.8, 4) is 0 Å². The van der Waals surface area contributed by atoms with Crippen LogP contribution in [0.5, 0.6) is 0 Å². The van der Waals surface area contributed by atoms with Gasteiger partial charge in [0.2, 0.25) is 11.8 Å². The van der Waals surface area contributed by atoms with Gasteiger partial charge >= 0.3 is 0 Å². The molecule has 7 heteroatoms. The van der Waals surface area contributed by atoms with Gasteiger partial charge in [-0.3, -0.25) is 9.59 Å². The maximum atomic E-state index is 13.5. The zero-order valence-electron chi connectivity index (χ0n) is 18.5. The van der Waals surface area contributed by atoms with E-state index in [1.165, 1.54) is 0 Å². The largest absolute Gasteiger partial charge is 0.350 e. The fourth-order valence-electron chi connectivity index (χ4n) is 5.39. The molecular weight excluding hydrogens is 457 g/mol. The minimum atomic E-state index is -0.688. The lowest BCUT2D eigenvalue weighted by Gasteiger charge is -2.45. The highest BCUT2D eigenvalue weighted by Crippen LogP contribution is 2.51. The van der Waals surface area contributed by atoms with Crippen LogP contribution in [-0.2, 0) is 21.4 Å². The number of hydrogen-bond donors (Lipinski definition) is 2. The average Bonchev–Trinajstić information content (AvgIpc) is 3.62. The number of halogens is 2. The average molecular weight is 486 g/mol. The lowest BCUT2D eigenvalue weighted by Crippen LogP contribution is -2.60. The summed E-state index contributed by atoms with van der Waals surface area (Å²) in [6, 6.07) is 14.6. The van der Waals surface area contributed by atoms with E-state index < -0.39 is 11.5 Å². The molecule has 1 saturated carbocycles. The van der Waals surface area contributed by atoms with Gasteiger partial charge in [-0.15, -0.1) is 0 Å². The summed E-state index contributed by atoms with van der Waals surface area (Å²) in [5, 5.41) is 7.39. The third-order valence-corrected chi connectivity index (χ3v) is 8.07. The van der Waals surface area contributed by atoms with E-state index in [9.17, 15) is 9.59 Å². The molecule has 1 aliphatic carbocycles. The third kappa shape index (κ3) is 4.77. The summed E-state index contributed by atoms with van der Waals surface area (Å²) in [5.74, 6) is 0.273. The first-order chi connectivity index (χ1) is 15.9. The van der Waals surface area contributed by atoms with Crippen LogP contribution in [0.1, 0.15) is 36.8 Å². The summed E-state index contributed by atoms with van der Waals surface area (Å²) in [6.45, 7) is 3.13. The second-order valence-corrected chi connectivity index (χ2v) is 10.5. The zero-order chi connectivity index (χ0) is 23.0. The van der Waals surface area contributed by atoms with Crippen LogP contribution in [0.25, 0.3) is 0 Å². The Morgan fingerprint density at radius 1 is 1.06 bits per heavy atom. The van der Waals surface area contributed by atoms with Crippen molar-refractivity contribution in [1.82, 2.24) is 15.5 Å². The van der Waals surface area contributed by atoms with Crippen LogP contribution in [0.15, 0.2) is 48.5 Å². The zero-order valence-corrected chi connectivity index (χ0v) is 20.0. The normalized spacial score (nSPS) is 25.8. The maximum absolute atomic E-state index is 13.5. The third-order valence-electron chi connectivity index (χ3n) is 7.52. The Hall–Kier alpha value is -2.08. The van der Waals surface area contributed by atoms with Crippen molar-refractivity contribution < 1.29 is 9.59 Å². The van der Waals surface area contributed by atoms with E-state index in [-0.39, 0.29) is 17.9 Å². The predicted octanol–water partition coefficient (Wildman–Crippen LogP) is 3.96. The van der Waals surface area contributed by atoms with Gasteiger partial charge in [0, 0.05) is 29.1 Å². The lowest BCUT2D eigenvalue weighted by molar-refractivity contribution is -0.131. The Labute approximate surface area is 204 Å². The molecule has 4 aliphatic rings. The number of hydrogen-bond acceptors (Lipinski definition) is 3. The van der Waals surface area contributed by atoms with Gasteiger partial charge in [0.05, 0.1) is 5.41 Å². The molecule has 2 atom stereocenters. The van der Waals surface area contributed by atoms with E-state index in [0.717, 1.165) is 43.6 Å². The number of piperidine rings is 3. The van der Waals surface area contributed by atoms with Crippen molar-refractivity contribution in [3.05, 3.63) is 69.7 Å². The molecule has 174 valence electrons. The number of benzene rings is 2. The van der Waals surface area contributed by atoms with Crippen LogP contribution < -0.4 is 10.6 Å². The number of nitrogens with zero attached hydrogens (tertiary/aromatic N) is 1. The molecule has 0 aromatic heterocycles. The van der Waals surface area contributed by atoms with Crippen LogP contribution in [0.2, 0.25) is 10.0 Å². The predicted molar refractivity (Wildman–Crippen MR) is 131 cm³/mol. The Bertz CT molecular complexity index is 1030. The van der Waals surface area contributed by atoms with Gasteiger partial charge in [0.1, 0.15) is 6.04 Å². The van der Waals surface area contributed by atoms with Crippen LogP contribution >= 0.6 is 23.2 Å². The van der Waals surface area contributed by atoms with Crippen molar-refractivity contribution in [2.45, 2.75) is 49.6 Å². The first-order valence-electron chi connectivity index (χ1n) is 11.8. The van der Waals surface area contributed by atoms with Crippen molar-refractivity contribution in [3.63, 3.8) is 0 Å². The quantitative estimate of drug-likeness (QED) is 0.623. The molecule has 3 aliphatic heterocycles. The molecule has 2 aromatic carbocycles. The van der Waals surface area contributed by atoms with Gasteiger partial charge in [-0.25, -0.2) is 0 Å². The van der Waals surface area contributed by atoms with Crippen LogP contribution in [0.4, 0.5) is 0 Å². The molecule has 3 saturated heterocycles. The second-order valence-electron chi connectivity index (χ2n) is 9.68. The fraction of sp³-hybridized carbons (Fsp3) is 0.462. The molecule has 0 unspecified atom stereocenters. The van der Waals surface area contributed by atoms with E-state index in [1.54, 1.807) is 12.1 Å². The first-order valence-corrected chi connectivity index (χ1v) is 12.5. The van der Waals surface area contributed by atoms with Gasteiger partial charge in [-0.1, -0.05) is 59.6 Å². The summed E-state index contributed by atoms with van der Waals surface area (Å²) in [6.07, 6.45) is 4.11. The number of fused-ring (bicyclic) bond motifs is 3. The Kier molecular flexibility index (Phi) is 6.39. The van der Waals surface area contributed by atoms with Crippen molar-refractivity contribution in [1.29, 1.82) is 0 Å².